The molecule has 0 spiro atoms. The van der Waals surface area contributed by atoms with Gasteiger partial charge in [-0.2, -0.15) is 0 Å². The van der Waals surface area contributed by atoms with Gasteiger partial charge < -0.3 is 10.2 Å². The predicted molar refractivity (Wildman–Crippen MR) is 143 cm³/mol. The molecule has 174 valence electrons. The van der Waals surface area contributed by atoms with Crippen molar-refractivity contribution in [3.8, 4) is 33.4 Å². The normalized spacial score (nSPS) is 12.1. The van der Waals surface area contributed by atoms with Crippen molar-refractivity contribution < 1.29 is 10.2 Å². The molecule has 0 saturated heterocycles. The molecule has 0 bridgehead atoms. The van der Waals surface area contributed by atoms with Gasteiger partial charge in [-0.25, -0.2) is 0 Å². The summed E-state index contributed by atoms with van der Waals surface area (Å²) in [4.78, 5) is 0. The molecule has 2 N–H and O–H groups in total. The van der Waals surface area contributed by atoms with E-state index >= 15 is 0 Å². The molecule has 0 atom stereocenters. The smallest absolute Gasteiger partial charge is 0.0522 e. The molecule has 0 saturated carbocycles. The summed E-state index contributed by atoms with van der Waals surface area (Å²) in [5.74, 6) is 0. The number of hydrogen-bond acceptors (Lipinski definition) is 2. The third-order valence-electron chi connectivity index (χ3n) is 6.83. The molecule has 0 fully saturated rings. The van der Waals surface area contributed by atoms with Gasteiger partial charge in [0, 0.05) is 10.8 Å². The van der Waals surface area contributed by atoms with Crippen LogP contribution in [-0.4, -0.2) is 23.4 Å². The number of aliphatic hydroxyl groups excluding tert-OH is 2. The van der Waals surface area contributed by atoms with E-state index in [0.29, 0.717) is 0 Å². The maximum Gasteiger partial charge on any atom is 0.0522 e. The van der Waals surface area contributed by atoms with Crippen molar-refractivity contribution in [1.29, 1.82) is 0 Å². The van der Waals surface area contributed by atoms with Crippen LogP contribution < -0.4 is 0 Å². The highest BCUT2D eigenvalue weighted by atomic mass is 16.3. The highest BCUT2D eigenvalue weighted by Crippen LogP contribution is 2.43. The van der Waals surface area contributed by atoms with Crippen LogP contribution in [0.4, 0.5) is 0 Å². The van der Waals surface area contributed by atoms with E-state index in [1.54, 1.807) is 0 Å². The first-order chi connectivity index (χ1) is 16.3. The summed E-state index contributed by atoms with van der Waals surface area (Å²) < 4.78 is 0. The second-order valence-electron chi connectivity index (χ2n) is 10.3. The summed E-state index contributed by atoms with van der Waals surface area (Å²) in [5, 5.41) is 20.2. The summed E-state index contributed by atoms with van der Waals surface area (Å²) >= 11 is 0. The molecule has 0 radical (unpaired) electrons. The van der Waals surface area contributed by atoms with Gasteiger partial charge >= 0.3 is 0 Å². The molecule has 0 amide bonds. The van der Waals surface area contributed by atoms with Gasteiger partial charge in [0.15, 0.2) is 0 Å². The van der Waals surface area contributed by atoms with E-state index in [1.807, 2.05) is 12.1 Å². The lowest BCUT2D eigenvalue weighted by molar-refractivity contribution is 0.219. The predicted octanol–water partition coefficient (Wildman–Crippen LogP) is 7.23. The Hall–Kier alpha value is -3.20. The summed E-state index contributed by atoms with van der Waals surface area (Å²) in [6, 6.07) is 33.8. The van der Waals surface area contributed by atoms with Crippen LogP contribution >= 0.6 is 0 Å². The molecule has 2 nitrogen and oxygen atoms in total. The molecule has 0 heterocycles. The van der Waals surface area contributed by atoms with E-state index in [0.717, 1.165) is 44.5 Å². The van der Waals surface area contributed by atoms with Crippen LogP contribution in [0.5, 0.6) is 0 Å². The molecule has 4 aromatic carbocycles. The topological polar surface area (TPSA) is 40.5 Å². The fraction of sp³-hybridized carbons (Fsp3) is 0.250. The third kappa shape index (κ3) is 4.44. The highest BCUT2D eigenvalue weighted by Gasteiger charge is 2.26. The Labute approximate surface area is 203 Å². The Kier molecular flexibility index (Phi) is 6.74. The van der Waals surface area contributed by atoms with E-state index in [2.05, 4.69) is 113 Å². The number of benzene rings is 4. The summed E-state index contributed by atoms with van der Waals surface area (Å²) in [6.07, 6.45) is 0. The zero-order chi connectivity index (χ0) is 24.3. The first-order valence-electron chi connectivity index (χ1n) is 11.9. The average Bonchev–Trinajstić information content (AvgIpc) is 2.88. The van der Waals surface area contributed by atoms with Crippen molar-refractivity contribution in [1.82, 2.24) is 0 Å². The van der Waals surface area contributed by atoms with Crippen LogP contribution in [0, 0.1) is 0 Å². The van der Waals surface area contributed by atoms with Crippen molar-refractivity contribution in [2.45, 2.75) is 38.5 Å². The van der Waals surface area contributed by atoms with Crippen molar-refractivity contribution in [3.05, 3.63) is 108 Å². The quantitative estimate of drug-likeness (QED) is 0.312. The fourth-order valence-electron chi connectivity index (χ4n) is 4.69. The Morgan fingerprint density at radius 3 is 0.941 bits per heavy atom. The zero-order valence-corrected chi connectivity index (χ0v) is 20.5. The molecular formula is C32H34O2. The summed E-state index contributed by atoms with van der Waals surface area (Å²) in [7, 11) is 0. The lowest BCUT2D eigenvalue weighted by Crippen LogP contribution is -2.23. The SMILES string of the molecule is CC(C)(CO)c1ccccc1-c1ccccc1-c1ccccc1-c1ccccc1C(C)(C)CO. The molecular weight excluding hydrogens is 416 g/mol. The van der Waals surface area contributed by atoms with Gasteiger partial charge in [-0.3, -0.25) is 0 Å². The maximum atomic E-state index is 10.1. The molecule has 0 aromatic heterocycles. The van der Waals surface area contributed by atoms with E-state index < -0.39 is 0 Å². The maximum absolute atomic E-state index is 10.1. The fourth-order valence-corrected chi connectivity index (χ4v) is 4.69. The van der Waals surface area contributed by atoms with E-state index in [4.69, 9.17) is 0 Å². The van der Waals surface area contributed by atoms with Gasteiger partial charge in [0.05, 0.1) is 13.2 Å². The van der Waals surface area contributed by atoms with Gasteiger partial charge in [0.1, 0.15) is 0 Å². The summed E-state index contributed by atoms with van der Waals surface area (Å²) in [6.45, 7) is 8.47. The minimum Gasteiger partial charge on any atom is -0.395 e. The monoisotopic (exact) mass is 450 g/mol. The molecule has 0 aliphatic carbocycles. The van der Waals surface area contributed by atoms with E-state index in [9.17, 15) is 10.2 Å². The van der Waals surface area contributed by atoms with Crippen LogP contribution in [-0.2, 0) is 10.8 Å². The molecule has 0 aliphatic heterocycles. The first-order valence-corrected chi connectivity index (χ1v) is 11.9. The Balaban J connectivity index is 1.98. The minimum atomic E-state index is -0.360. The minimum absolute atomic E-state index is 0.0758. The van der Waals surface area contributed by atoms with Crippen molar-refractivity contribution in [3.63, 3.8) is 0 Å². The second kappa shape index (κ2) is 9.58. The van der Waals surface area contributed by atoms with Gasteiger partial charge in [-0.05, 0) is 44.5 Å². The molecule has 0 aliphatic rings. The van der Waals surface area contributed by atoms with Crippen molar-refractivity contribution in [2.75, 3.05) is 13.2 Å². The average molecular weight is 451 g/mol. The van der Waals surface area contributed by atoms with Crippen molar-refractivity contribution in [2.24, 2.45) is 0 Å². The van der Waals surface area contributed by atoms with Crippen LogP contribution in [0.25, 0.3) is 33.4 Å². The standard InChI is InChI=1S/C32H34O2/c1-31(2,21-33)29-19-11-9-17-27(29)25-15-7-5-13-23(25)24-14-6-8-16-26(24)28-18-10-12-20-30(28)32(3,4)22-34/h5-20,33-34H,21-22H2,1-4H3. The van der Waals surface area contributed by atoms with Gasteiger partial charge in [-0.15, -0.1) is 0 Å². The second-order valence-corrected chi connectivity index (χ2v) is 10.3. The zero-order valence-electron chi connectivity index (χ0n) is 20.5. The van der Waals surface area contributed by atoms with Crippen LogP contribution in [0.1, 0.15) is 38.8 Å². The number of rotatable bonds is 7. The van der Waals surface area contributed by atoms with E-state index in [1.165, 1.54) is 0 Å². The van der Waals surface area contributed by atoms with Gasteiger partial charge in [-0.1, -0.05) is 125 Å². The molecule has 4 aromatic rings. The summed E-state index contributed by atoms with van der Waals surface area (Å²) in [5.41, 5.74) is 8.39. The van der Waals surface area contributed by atoms with Crippen molar-refractivity contribution >= 4 is 0 Å². The number of aliphatic hydroxyl groups is 2. The molecule has 2 heteroatoms. The van der Waals surface area contributed by atoms with E-state index in [-0.39, 0.29) is 24.0 Å². The molecule has 0 unspecified atom stereocenters. The highest BCUT2D eigenvalue weighted by molar-refractivity contribution is 5.93. The van der Waals surface area contributed by atoms with Gasteiger partial charge in [0.25, 0.3) is 0 Å². The Bertz CT molecular complexity index is 1180. The lowest BCUT2D eigenvalue weighted by atomic mass is 9.77. The van der Waals surface area contributed by atoms with Gasteiger partial charge in [0.2, 0.25) is 0 Å². The number of hydrogen-bond donors (Lipinski definition) is 2. The van der Waals surface area contributed by atoms with Crippen LogP contribution in [0.3, 0.4) is 0 Å². The molecule has 4 rings (SSSR count). The lowest BCUT2D eigenvalue weighted by Gasteiger charge is -2.28. The Morgan fingerprint density at radius 1 is 0.412 bits per heavy atom. The Morgan fingerprint density at radius 2 is 0.647 bits per heavy atom. The third-order valence-corrected chi connectivity index (χ3v) is 6.83. The van der Waals surface area contributed by atoms with Crippen LogP contribution in [0.15, 0.2) is 97.1 Å². The first kappa shape index (κ1) is 23.9. The largest absolute Gasteiger partial charge is 0.395 e. The molecule has 34 heavy (non-hydrogen) atoms. The van der Waals surface area contributed by atoms with Crippen LogP contribution in [0.2, 0.25) is 0 Å².